The molecule has 3 unspecified atom stereocenters. The highest BCUT2D eigenvalue weighted by atomic mass is 19.4. The summed E-state index contributed by atoms with van der Waals surface area (Å²) < 4.78 is 45.6. The van der Waals surface area contributed by atoms with Crippen LogP contribution in [0.5, 0.6) is 0 Å². The summed E-state index contributed by atoms with van der Waals surface area (Å²) in [4.78, 5) is 21.8. The monoisotopic (exact) mass is 439 g/mol. The van der Waals surface area contributed by atoms with Gasteiger partial charge in [-0.1, -0.05) is 5.16 Å². The number of amides is 1. The minimum Gasteiger partial charge on any atom is -0.342 e. The van der Waals surface area contributed by atoms with Crippen LogP contribution in [-0.2, 0) is 4.79 Å². The van der Waals surface area contributed by atoms with Gasteiger partial charge in [-0.3, -0.25) is 9.69 Å². The number of hydrogen-bond donors (Lipinski definition) is 1. The molecule has 7 nitrogen and oxygen atoms in total. The second kappa shape index (κ2) is 6.59. The van der Waals surface area contributed by atoms with Crippen LogP contribution < -0.4 is 10.2 Å². The van der Waals surface area contributed by atoms with Crippen molar-refractivity contribution in [3.63, 3.8) is 0 Å². The number of aromatic nitrogens is 2. The fourth-order valence-corrected chi connectivity index (χ4v) is 6.72. The van der Waals surface area contributed by atoms with Crippen LogP contribution in [-0.4, -0.2) is 64.4 Å². The molecule has 10 heteroatoms. The summed E-state index contributed by atoms with van der Waals surface area (Å²) in [7, 11) is 0. The van der Waals surface area contributed by atoms with Gasteiger partial charge in [0.25, 0.3) is 0 Å². The number of aryl methyl sites for hydroxylation is 1. The zero-order valence-corrected chi connectivity index (χ0v) is 17.6. The smallest absolute Gasteiger partial charge is 0.342 e. The van der Waals surface area contributed by atoms with Crippen LogP contribution in [0.15, 0.2) is 4.52 Å². The second-order valence-electron chi connectivity index (χ2n) is 10.3. The van der Waals surface area contributed by atoms with Gasteiger partial charge in [0.15, 0.2) is 5.82 Å². The van der Waals surface area contributed by atoms with E-state index in [1.165, 1.54) is 6.42 Å². The first kappa shape index (κ1) is 19.8. The fourth-order valence-electron chi connectivity index (χ4n) is 6.72. The lowest BCUT2D eigenvalue weighted by Gasteiger charge is -2.51. The number of carbonyl (C=O) groups is 1. The number of anilines is 1. The second-order valence-corrected chi connectivity index (χ2v) is 10.3. The Morgan fingerprint density at radius 2 is 1.94 bits per heavy atom. The lowest BCUT2D eigenvalue weighted by Crippen LogP contribution is -2.63. The molecule has 6 fully saturated rings. The number of likely N-dealkylation sites (tertiary alicyclic amines) is 1. The number of hydrogen-bond acceptors (Lipinski definition) is 6. The maximum atomic E-state index is 13.4. The van der Waals surface area contributed by atoms with E-state index in [0.29, 0.717) is 36.3 Å². The predicted octanol–water partition coefficient (Wildman–Crippen LogP) is 2.51. The Morgan fingerprint density at radius 1 is 1.19 bits per heavy atom. The molecular weight excluding hydrogens is 411 g/mol. The first-order valence-electron chi connectivity index (χ1n) is 11.5. The van der Waals surface area contributed by atoms with E-state index in [1.54, 1.807) is 0 Å². The number of halogens is 3. The Hall–Kier alpha value is -1.84. The van der Waals surface area contributed by atoms with Gasteiger partial charge in [-0.25, -0.2) is 0 Å². The lowest BCUT2D eigenvalue weighted by atomic mass is 9.75. The topological polar surface area (TPSA) is 74.5 Å². The van der Waals surface area contributed by atoms with Crippen molar-refractivity contribution < 1.29 is 22.5 Å². The summed E-state index contributed by atoms with van der Waals surface area (Å²) in [5.41, 5.74) is -1.97. The molecule has 1 amide bonds. The minimum absolute atomic E-state index is 0.0115. The quantitative estimate of drug-likeness (QED) is 0.777. The highest BCUT2D eigenvalue weighted by Gasteiger charge is 2.65. The Morgan fingerprint density at radius 3 is 2.45 bits per heavy atom. The van der Waals surface area contributed by atoms with E-state index in [-0.39, 0.29) is 36.5 Å². The van der Waals surface area contributed by atoms with E-state index < -0.39 is 11.7 Å². The summed E-state index contributed by atoms with van der Waals surface area (Å²) in [6, 6.07) is 1.47. The number of nitrogens with zero attached hydrogens (tertiary/aromatic N) is 4. The molecule has 0 aromatic carbocycles. The Bertz CT molecular complexity index is 873. The summed E-state index contributed by atoms with van der Waals surface area (Å²) in [5.74, 6) is 0.960. The van der Waals surface area contributed by atoms with Gasteiger partial charge in [-0.15, -0.1) is 0 Å². The predicted molar refractivity (Wildman–Crippen MR) is 104 cm³/mol. The zero-order valence-electron chi connectivity index (χ0n) is 17.6. The molecule has 3 saturated heterocycles. The summed E-state index contributed by atoms with van der Waals surface area (Å²) in [5, 5.41) is 6.31. The highest BCUT2D eigenvalue weighted by Crippen LogP contribution is 2.55. The molecule has 4 heterocycles. The third kappa shape index (κ3) is 3.00. The number of fused-ring (bicyclic) bond motifs is 4. The van der Waals surface area contributed by atoms with Gasteiger partial charge >= 0.3 is 12.2 Å². The molecule has 3 saturated carbocycles. The Balaban J connectivity index is 1.06. The van der Waals surface area contributed by atoms with E-state index in [2.05, 4.69) is 25.3 Å². The Kier molecular flexibility index (Phi) is 4.21. The molecule has 3 aliphatic carbocycles. The number of piperidine rings is 3. The van der Waals surface area contributed by atoms with Crippen LogP contribution in [0.1, 0.15) is 44.3 Å². The number of alkyl halides is 3. The van der Waals surface area contributed by atoms with Gasteiger partial charge < -0.3 is 14.7 Å². The number of carbonyl (C=O) groups excluding carboxylic acids is 1. The number of rotatable bonds is 4. The summed E-state index contributed by atoms with van der Waals surface area (Å²) in [6.45, 7) is 4.38. The molecular formula is C21H28F3N5O2. The van der Waals surface area contributed by atoms with Crippen molar-refractivity contribution >= 4 is 11.9 Å². The molecule has 1 N–H and O–H groups in total. The first-order chi connectivity index (χ1) is 14.8. The van der Waals surface area contributed by atoms with Crippen molar-refractivity contribution in [3.8, 4) is 0 Å². The molecule has 170 valence electrons. The molecule has 3 aliphatic heterocycles. The minimum atomic E-state index is -4.36. The third-order valence-corrected chi connectivity index (χ3v) is 8.67. The van der Waals surface area contributed by atoms with Gasteiger partial charge in [0, 0.05) is 37.6 Å². The average molecular weight is 439 g/mol. The Labute approximate surface area is 178 Å². The first-order valence-corrected chi connectivity index (χ1v) is 11.5. The van der Waals surface area contributed by atoms with Gasteiger partial charge in [-0.05, 0) is 63.2 Å². The molecule has 31 heavy (non-hydrogen) atoms. The van der Waals surface area contributed by atoms with Crippen molar-refractivity contribution in [3.05, 3.63) is 5.82 Å². The van der Waals surface area contributed by atoms with E-state index in [9.17, 15) is 18.0 Å². The van der Waals surface area contributed by atoms with Crippen LogP contribution in [0.4, 0.5) is 19.2 Å². The van der Waals surface area contributed by atoms with Crippen molar-refractivity contribution in [2.75, 3.05) is 24.5 Å². The molecule has 6 atom stereocenters. The van der Waals surface area contributed by atoms with E-state index in [4.69, 9.17) is 4.52 Å². The van der Waals surface area contributed by atoms with Crippen molar-refractivity contribution in [2.45, 2.75) is 69.2 Å². The highest BCUT2D eigenvalue weighted by molar-refractivity contribution is 5.83. The van der Waals surface area contributed by atoms with Crippen molar-refractivity contribution in [1.82, 2.24) is 20.4 Å². The summed E-state index contributed by atoms with van der Waals surface area (Å²) in [6.07, 6.45) is -0.484. The van der Waals surface area contributed by atoms with Crippen molar-refractivity contribution in [2.24, 2.45) is 23.7 Å². The van der Waals surface area contributed by atoms with Crippen molar-refractivity contribution in [1.29, 1.82) is 0 Å². The molecule has 1 aromatic rings. The van der Waals surface area contributed by atoms with Crippen LogP contribution in [0, 0.1) is 30.6 Å². The van der Waals surface area contributed by atoms with Crippen LogP contribution in [0.2, 0.25) is 0 Å². The lowest BCUT2D eigenvalue weighted by molar-refractivity contribution is -0.219. The standard InChI is InChI=1S/C21H28F3N5O2/c1-11-25-19(31-27-11)29-8-12-3-4-13(29)7-16(12)28-9-14-15(10-28)17(14)18(30)26-20(5-2-6-20)21(22,23)24/h12-17H,2-10H2,1H3,(H,26,30)/t12?,13?,14-,15+,16?,17-. The maximum Gasteiger partial charge on any atom is 0.411 e. The maximum absolute atomic E-state index is 13.4. The molecule has 7 rings (SSSR count). The third-order valence-electron chi connectivity index (χ3n) is 8.67. The SMILES string of the molecule is Cc1noc(N2CC3CCC2CC3N2C[C@@H]3[C@H](C2)[C@@H]3C(=O)NC2(C(F)(F)F)CCC2)n1. The molecule has 2 bridgehead atoms. The average Bonchev–Trinajstić information content (AvgIpc) is 3.02. The zero-order chi connectivity index (χ0) is 21.5. The molecule has 0 radical (unpaired) electrons. The van der Waals surface area contributed by atoms with Crippen LogP contribution in [0.3, 0.4) is 0 Å². The largest absolute Gasteiger partial charge is 0.411 e. The number of nitrogens with one attached hydrogen (secondary N) is 1. The van der Waals surface area contributed by atoms with Gasteiger partial charge in [-0.2, -0.15) is 18.2 Å². The van der Waals surface area contributed by atoms with Gasteiger partial charge in [0.2, 0.25) is 5.91 Å². The fraction of sp³-hybridized carbons (Fsp3) is 0.857. The van der Waals surface area contributed by atoms with Crippen LogP contribution in [0.25, 0.3) is 0 Å². The van der Waals surface area contributed by atoms with Gasteiger partial charge in [0.1, 0.15) is 5.54 Å². The molecule has 0 spiro atoms. The van der Waals surface area contributed by atoms with Gasteiger partial charge in [0.05, 0.1) is 0 Å². The molecule has 1 aromatic heterocycles. The van der Waals surface area contributed by atoms with Crippen LogP contribution >= 0.6 is 0 Å². The van der Waals surface area contributed by atoms with E-state index in [0.717, 1.165) is 32.5 Å². The normalized spacial score (nSPS) is 38.6. The van der Waals surface area contributed by atoms with E-state index in [1.807, 2.05) is 6.92 Å². The van der Waals surface area contributed by atoms with E-state index >= 15 is 0 Å². The molecule has 6 aliphatic rings. The summed E-state index contributed by atoms with van der Waals surface area (Å²) >= 11 is 0.